The molecule has 3 rings (SSSR count). The van der Waals surface area contributed by atoms with Crippen molar-refractivity contribution >= 4 is 15.9 Å². The molecule has 1 heterocycles. The van der Waals surface area contributed by atoms with Crippen LogP contribution in [0.3, 0.4) is 0 Å². The van der Waals surface area contributed by atoms with Gasteiger partial charge in [0.25, 0.3) is 0 Å². The van der Waals surface area contributed by atoms with Gasteiger partial charge < -0.3 is 14.2 Å². The molecule has 0 bridgehead atoms. The Morgan fingerprint density at radius 3 is 2.67 bits per heavy atom. The Kier molecular flexibility index (Phi) is 4.01. The standard InChI is InChI=1S/C16H14BrFO3/c1-19-13-4-2-3-11(18)15(13)16(17)10-5-6-12-14(9-10)21-8-7-20-12/h2-6,9,16H,7-8H2,1H3. The van der Waals surface area contributed by atoms with E-state index in [4.69, 9.17) is 14.2 Å². The van der Waals surface area contributed by atoms with Crippen molar-refractivity contribution in [3.63, 3.8) is 0 Å². The molecule has 0 amide bonds. The van der Waals surface area contributed by atoms with Crippen molar-refractivity contribution < 1.29 is 18.6 Å². The van der Waals surface area contributed by atoms with Crippen LogP contribution >= 0.6 is 15.9 Å². The molecule has 0 radical (unpaired) electrons. The molecule has 0 spiro atoms. The van der Waals surface area contributed by atoms with E-state index in [9.17, 15) is 4.39 Å². The smallest absolute Gasteiger partial charge is 0.161 e. The first-order valence-electron chi connectivity index (χ1n) is 6.56. The average Bonchev–Trinajstić information content (AvgIpc) is 2.53. The molecule has 1 unspecified atom stereocenters. The molecule has 110 valence electrons. The summed E-state index contributed by atoms with van der Waals surface area (Å²) in [4.78, 5) is -0.329. The molecule has 2 aromatic carbocycles. The van der Waals surface area contributed by atoms with Gasteiger partial charge in [0.1, 0.15) is 24.8 Å². The molecule has 1 aliphatic heterocycles. The van der Waals surface area contributed by atoms with Crippen LogP contribution in [0.2, 0.25) is 0 Å². The molecule has 0 saturated heterocycles. The molecule has 21 heavy (non-hydrogen) atoms. The second-order valence-corrected chi connectivity index (χ2v) is 5.54. The molecule has 0 saturated carbocycles. The maximum Gasteiger partial charge on any atom is 0.161 e. The van der Waals surface area contributed by atoms with Crippen LogP contribution in [0, 0.1) is 5.82 Å². The summed E-state index contributed by atoms with van der Waals surface area (Å²) in [6.07, 6.45) is 0. The zero-order valence-electron chi connectivity index (χ0n) is 11.4. The number of benzene rings is 2. The van der Waals surface area contributed by atoms with Gasteiger partial charge in [-0.2, -0.15) is 0 Å². The van der Waals surface area contributed by atoms with Crippen LogP contribution in [0.15, 0.2) is 36.4 Å². The highest BCUT2D eigenvalue weighted by molar-refractivity contribution is 9.09. The summed E-state index contributed by atoms with van der Waals surface area (Å²) in [7, 11) is 1.53. The third-order valence-electron chi connectivity index (χ3n) is 3.35. The number of halogens is 2. The number of methoxy groups -OCH3 is 1. The predicted octanol–water partition coefficient (Wildman–Crippen LogP) is 4.09. The lowest BCUT2D eigenvalue weighted by Gasteiger charge is -2.21. The Hall–Kier alpha value is -1.75. The molecule has 0 aliphatic carbocycles. The van der Waals surface area contributed by atoms with Crippen LogP contribution in [-0.4, -0.2) is 20.3 Å². The number of rotatable bonds is 3. The maximum absolute atomic E-state index is 14.1. The third-order valence-corrected chi connectivity index (χ3v) is 4.33. The van der Waals surface area contributed by atoms with Crippen molar-refractivity contribution in [1.82, 2.24) is 0 Å². The van der Waals surface area contributed by atoms with Crippen molar-refractivity contribution in [2.75, 3.05) is 20.3 Å². The van der Waals surface area contributed by atoms with Crippen molar-refractivity contribution in [2.24, 2.45) is 0 Å². The highest BCUT2D eigenvalue weighted by atomic mass is 79.9. The van der Waals surface area contributed by atoms with Crippen LogP contribution in [0.1, 0.15) is 16.0 Å². The summed E-state index contributed by atoms with van der Waals surface area (Å²) in [5.74, 6) is 1.58. The fourth-order valence-electron chi connectivity index (χ4n) is 2.33. The molecule has 1 aliphatic rings. The normalized spacial score (nSPS) is 14.6. The Labute approximate surface area is 130 Å². The van der Waals surface area contributed by atoms with Gasteiger partial charge in [0.2, 0.25) is 0 Å². The first-order valence-corrected chi connectivity index (χ1v) is 7.48. The monoisotopic (exact) mass is 352 g/mol. The second-order valence-electron chi connectivity index (χ2n) is 4.62. The summed E-state index contributed by atoms with van der Waals surface area (Å²) in [5, 5.41) is 0. The Balaban J connectivity index is 2.01. The van der Waals surface area contributed by atoms with Crippen LogP contribution in [0.25, 0.3) is 0 Å². The average molecular weight is 353 g/mol. The van der Waals surface area contributed by atoms with Gasteiger partial charge in [-0.05, 0) is 29.8 Å². The van der Waals surface area contributed by atoms with Crippen molar-refractivity contribution in [2.45, 2.75) is 4.83 Å². The van der Waals surface area contributed by atoms with E-state index in [1.807, 2.05) is 18.2 Å². The fourth-order valence-corrected chi connectivity index (χ4v) is 3.05. The molecule has 2 aromatic rings. The first kappa shape index (κ1) is 14.2. The van der Waals surface area contributed by atoms with Gasteiger partial charge in [0.05, 0.1) is 11.9 Å². The number of fused-ring (bicyclic) bond motifs is 1. The van der Waals surface area contributed by atoms with Gasteiger partial charge in [-0.25, -0.2) is 4.39 Å². The van der Waals surface area contributed by atoms with Crippen molar-refractivity contribution in [1.29, 1.82) is 0 Å². The zero-order valence-corrected chi connectivity index (χ0v) is 13.0. The van der Waals surface area contributed by atoms with E-state index in [1.54, 1.807) is 12.1 Å². The lowest BCUT2D eigenvalue weighted by molar-refractivity contribution is 0.171. The molecule has 1 atom stereocenters. The third kappa shape index (κ3) is 2.70. The minimum Gasteiger partial charge on any atom is -0.496 e. The summed E-state index contributed by atoms with van der Waals surface area (Å²) in [6.45, 7) is 1.07. The Morgan fingerprint density at radius 1 is 1.14 bits per heavy atom. The molecular formula is C16H14BrFO3. The quantitative estimate of drug-likeness (QED) is 0.778. The first-order chi connectivity index (χ1) is 10.2. The molecule has 5 heteroatoms. The lowest BCUT2D eigenvalue weighted by Crippen LogP contribution is -2.15. The van der Waals surface area contributed by atoms with E-state index in [0.29, 0.717) is 36.0 Å². The zero-order chi connectivity index (χ0) is 14.8. The summed E-state index contributed by atoms with van der Waals surface area (Å²) in [6, 6.07) is 10.4. The number of alkyl halides is 1. The van der Waals surface area contributed by atoms with E-state index in [2.05, 4.69) is 15.9 Å². The summed E-state index contributed by atoms with van der Waals surface area (Å²) in [5.41, 5.74) is 1.35. The maximum atomic E-state index is 14.1. The van der Waals surface area contributed by atoms with Gasteiger partial charge in [-0.15, -0.1) is 0 Å². The van der Waals surface area contributed by atoms with E-state index in [-0.39, 0.29) is 10.6 Å². The minimum absolute atomic E-state index is 0.314. The second kappa shape index (κ2) is 5.93. The van der Waals surface area contributed by atoms with E-state index < -0.39 is 0 Å². The molecule has 0 aromatic heterocycles. The molecular weight excluding hydrogens is 339 g/mol. The summed E-state index contributed by atoms with van der Waals surface area (Å²) < 4.78 is 30.5. The predicted molar refractivity (Wildman–Crippen MR) is 81.2 cm³/mol. The molecule has 0 fully saturated rings. The van der Waals surface area contributed by atoms with Gasteiger partial charge in [-0.3, -0.25) is 0 Å². The number of hydrogen-bond acceptors (Lipinski definition) is 3. The van der Waals surface area contributed by atoms with Gasteiger partial charge in [-0.1, -0.05) is 28.1 Å². The highest BCUT2D eigenvalue weighted by Gasteiger charge is 2.22. The van der Waals surface area contributed by atoms with Crippen LogP contribution < -0.4 is 14.2 Å². The largest absolute Gasteiger partial charge is 0.496 e. The van der Waals surface area contributed by atoms with E-state index >= 15 is 0 Å². The topological polar surface area (TPSA) is 27.7 Å². The van der Waals surface area contributed by atoms with E-state index in [1.165, 1.54) is 13.2 Å². The number of ether oxygens (including phenoxy) is 3. The van der Waals surface area contributed by atoms with Crippen LogP contribution in [0.4, 0.5) is 4.39 Å². The SMILES string of the molecule is COc1cccc(F)c1C(Br)c1ccc2c(c1)OCCO2. The minimum atomic E-state index is -0.329. The highest BCUT2D eigenvalue weighted by Crippen LogP contribution is 2.41. The Bertz CT molecular complexity index is 660. The summed E-state index contributed by atoms with van der Waals surface area (Å²) >= 11 is 3.55. The van der Waals surface area contributed by atoms with Crippen LogP contribution in [0.5, 0.6) is 17.2 Å². The lowest BCUT2D eigenvalue weighted by atomic mass is 10.0. The molecule has 3 nitrogen and oxygen atoms in total. The molecule has 0 N–H and O–H groups in total. The number of hydrogen-bond donors (Lipinski definition) is 0. The van der Waals surface area contributed by atoms with Gasteiger partial charge in [0.15, 0.2) is 11.5 Å². The Morgan fingerprint density at radius 2 is 1.90 bits per heavy atom. The van der Waals surface area contributed by atoms with Crippen LogP contribution in [-0.2, 0) is 0 Å². The van der Waals surface area contributed by atoms with E-state index in [0.717, 1.165) is 5.56 Å². The van der Waals surface area contributed by atoms with Gasteiger partial charge in [0, 0.05) is 5.56 Å². The van der Waals surface area contributed by atoms with Crippen molar-refractivity contribution in [3.05, 3.63) is 53.3 Å². The van der Waals surface area contributed by atoms with Gasteiger partial charge >= 0.3 is 0 Å². The fraction of sp³-hybridized carbons (Fsp3) is 0.250. The van der Waals surface area contributed by atoms with Crippen molar-refractivity contribution in [3.8, 4) is 17.2 Å².